The van der Waals surface area contributed by atoms with E-state index >= 15 is 0 Å². The van der Waals surface area contributed by atoms with Crippen molar-refractivity contribution >= 4 is 23.5 Å². The molecule has 0 aromatic carbocycles. The van der Waals surface area contributed by atoms with Crippen molar-refractivity contribution in [1.82, 2.24) is 20.1 Å². The third-order valence-corrected chi connectivity index (χ3v) is 5.91. The Kier molecular flexibility index (Phi) is 6.55. The zero-order chi connectivity index (χ0) is 22.7. The standard InChI is InChI=1S/C23H30N6O3/c1-15-10-18-4-5-19-13-28(7-8-29(19)22(18)24-11-15)21(30)6-9-32-14-16(2)26-20-12-25-27-23(31)17(20)3/h4-5,10-12,16,19H,6-9,13-14H2,1-3H3,(H2,26,27,31)/t16-,19?/m0/s1. The van der Waals surface area contributed by atoms with Gasteiger partial charge in [0.15, 0.2) is 0 Å². The van der Waals surface area contributed by atoms with E-state index in [-0.39, 0.29) is 23.6 Å². The van der Waals surface area contributed by atoms with Crippen molar-refractivity contribution in [3.05, 3.63) is 51.6 Å². The van der Waals surface area contributed by atoms with Crippen LogP contribution in [0.25, 0.3) is 6.08 Å². The van der Waals surface area contributed by atoms with Crippen LogP contribution in [0.15, 0.2) is 29.3 Å². The SMILES string of the molecule is Cc1cnc2c(c1)C=CC1CN(C(=O)CCOC[C@H](C)Nc3cn[nH]c(=O)c3C)CCN21. The van der Waals surface area contributed by atoms with E-state index in [9.17, 15) is 9.59 Å². The number of hydrogen-bond donors (Lipinski definition) is 2. The molecule has 1 saturated heterocycles. The van der Waals surface area contributed by atoms with Crippen LogP contribution in [-0.4, -0.2) is 70.9 Å². The summed E-state index contributed by atoms with van der Waals surface area (Å²) in [5, 5.41) is 9.44. The number of carbonyl (C=O) groups excluding carboxylic acids is 1. The number of ether oxygens (including phenoxy) is 1. The second-order valence-electron chi connectivity index (χ2n) is 8.49. The number of nitrogens with zero attached hydrogens (tertiary/aromatic N) is 4. The molecule has 1 unspecified atom stereocenters. The highest BCUT2D eigenvalue weighted by Gasteiger charge is 2.31. The number of aromatic amines is 1. The van der Waals surface area contributed by atoms with Gasteiger partial charge in [-0.05, 0) is 32.4 Å². The monoisotopic (exact) mass is 438 g/mol. The predicted octanol–water partition coefficient (Wildman–Crippen LogP) is 1.73. The van der Waals surface area contributed by atoms with Crippen LogP contribution in [0.1, 0.15) is 30.0 Å². The molecule has 4 rings (SSSR count). The average molecular weight is 439 g/mol. The summed E-state index contributed by atoms with van der Waals surface area (Å²) in [5.74, 6) is 1.11. The van der Waals surface area contributed by atoms with Crippen molar-refractivity contribution in [2.75, 3.05) is 43.1 Å². The van der Waals surface area contributed by atoms with Gasteiger partial charge in [0, 0.05) is 43.0 Å². The molecule has 2 atom stereocenters. The number of carbonyl (C=O) groups is 1. The molecule has 4 heterocycles. The molecule has 0 saturated carbocycles. The van der Waals surface area contributed by atoms with Crippen LogP contribution in [0.3, 0.4) is 0 Å². The normalized spacial score (nSPS) is 18.2. The second kappa shape index (κ2) is 9.52. The lowest BCUT2D eigenvalue weighted by atomic mass is 10.0. The Labute approximate surface area is 187 Å². The molecular formula is C23H30N6O3. The molecule has 1 amide bonds. The average Bonchev–Trinajstić information content (AvgIpc) is 2.79. The van der Waals surface area contributed by atoms with Gasteiger partial charge in [-0.1, -0.05) is 12.2 Å². The zero-order valence-electron chi connectivity index (χ0n) is 18.8. The quantitative estimate of drug-likeness (QED) is 0.635. The fourth-order valence-corrected chi connectivity index (χ4v) is 4.11. The summed E-state index contributed by atoms with van der Waals surface area (Å²) in [6.45, 7) is 8.67. The Morgan fingerprint density at radius 2 is 2.19 bits per heavy atom. The Hall–Kier alpha value is -3.20. The molecular weight excluding hydrogens is 408 g/mol. The van der Waals surface area contributed by atoms with E-state index in [0.717, 1.165) is 23.5 Å². The lowest BCUT2D eigenvalue weighted by Crippen LogP contribution is -2.55. The van der Waals surface area contributed by atoms with Gasteiger partial charge in [0.2, 0.25) is 5.91 Å². The van der Waals surface area contributed by atoms with Crippen molar-refractivity contribution in [2.45, 2.75) is 39.3 Å². The van der Waals surface area contributed by atoms with Gasteiger partial charge in [-0.3, -0.25) is 9.59 Å². The number of aromatic nitrogens is 3. The first-order valence-corrected chi connectivity index (χ1v) is 11.0. The van der Waals surface area contributed by atoms with Gasteiger partial charge >= 0.3 is 0 Å². The summed E-state index contributed by atoms with van der Waals surface area (Å²) in [4.78, 5) is 33.1. The van der Waals surface area contributed by atoms with Gasteiger partial charge in [0.1, 0.15) is 5.82 Å². The molecule has 32 heavy (non-hydrogen) atoms. The van der Waals surface area contributed by atoms with E-state index < -0.39 is 0 Å². The van der Waals surface area contributed by atoms with Crippen molar-refractivity contribution in [2.24, 2.45) is 0 Å². The number of amides is 1. The van der Waals surface area contributed by atoms with Gasteiger partial charge < -0.3 is 19.9 Å². The summed E-state index contributed by atoms with van der Waals surface area (Å²) in [6.07, 6.45) is 8.11. The highest BCUT2D eigenvalue weighted by atomic mass is 16.5. The van der Waals surface area contributed by atoms with Crippen LogP contribution < -0.4 is 15.8 Å². The number of nitrogens with one attached hydrogen (secondary N) is 2. The first kappa shape index (κ1) is 22.0. The predicted molar refractivity (Wildman–Crippen MR) is 124 cm³/mol. The van der Waals surface area contributed by atoms with E-state index in [1.165, 1.54) is 0 Å². The summed E-state index contributed by atoms with van der Waals surface area (Å²) in [6, 6.07) is 2.29. The molecule has 0 spiro atoms. The topological polar surface area (TPSA) is 103 Å². The lowest BCUT2D eigenvalue weighted by molar-refractivity contribution is -0.133. The molecule has 2 aromatic rings. The minimum absolute atomic E-state index is 0.0143. The number of hydrogen-bond acceptors (Lipinski definition) is 7. The Morgan fingerprint density at radius 1 is 1.34 bits per heavy atom. The molecule has 0 aliphatic carbocycles. The van der Waals surface area contributed by atoms with Gasteiger partial charge in [-0.2, -0.15) is 5.10 Å². The highest BCUT2D eigenvalue weighted by Crippen LogP contribution is 2.29. The minimum atomic E-state index is -0.212. The number of H-pyrrole nitrogens is 1. The maximum Gasteiger partial charge on any atom is 0.269 e. The molecule has 2 aromatic heterocycles. The fourth-order valence-electron chi connectivity index (χ4n) is 4.11. The summed E-state index contributed by atoms with van der Waals surface area (Å²) in [5.41, 5.74) is 3.35. The second-order valence-corrected chi connectivity index (χ2v) is 8.49. The molecule has 0 bridgehead atoms. The van der Waals surface area contributed by atoms with Gasteiger partial charge in [-0.25, -0.2) is 10.1 Å². The van der Waals surface area contributed by atoms with E-state index in [1.54, 1.807) is 13.1 Å². The van der Waals surface area contributed by atoms with E-state index in [0.29, 0.717) is 44.0 Å². The summed E-state index contributed by atoms with van der Waals surface area (Å²) < 4.78 is 5.71. The molecule has 2 aliphatic rings. The number of pyridine rings is 1. The van der Waals surface area contributed by atoms with Crippen LogP contribution in [-0.2, 0) is 9.53 Å². The Bertz CT molecular complexity index is 1070. The third kappa shape index (κ3) is 4.83. The Balaban J connectivity index is 1.21. The number of aryl methyl sites for hydroxylation is 1. The van der Waals surface area contributed by atoms with Gasteiger partial charge in [0.05, 0.1) is 37.6 Å². The Morgan fingerprint density at radius 3 is 3.03 bits per heavy atom. The molecule has 170 valence electrons. The van der Waals surface area contributed by atoms with E-state index in [4.69, 9.17) is 4.74 Å². The number of rotatable bonds is 7. The van der Waals surface area contributed by atoms with Crippen molar-refractivity contribution < 1.29 is 9.53 Å². The lowest BCUT2D eigenvalue weighted by Gasteiger charge is -2.43. The highest BCUT2D eigenvalue weighted by molar-refractivity contribution is 5.77. The van der Waals surface area contributed by atoms with E-state index in [1.807, 2.05) is 24.9 Å². The zero-order valence-corrected chi connectivity index (χ0v) is 18.8. The van der Waals surface area contributed by atoms with Crippen molar-refractivity contribution in [3.63, 3.8) is 0 Å². The van der Waals surface area contributed by atoms with Crippen LogP contribution in [0.5, 0.6) is 0 Å². The van der Waals surface area contributed by atoms with Crippen molar-refractivity contribution in [1.29, 1.82) is 0 Å². The fraction of sp³-hybridized carbons (Fsp3) is 0.478. The molecule has 1 fully saturated rings. The summed E-state index contributed by atoms with van der Waals surface area (Å²) >= 11 is 0. The van der Waals surface area contributed by atoms with Crippen LogP contribution >= 0.6 is 0 Å². The molecule has 0 radical (unpaired) electrons. The van der Waals surface area contributed by atoms with Crippen LogP contribution in [0.2, 0.25) is 0 Å². The number of fused-ring (bicyclic) bond motifs is 3. The number of piperazine rings is 1. The smallest absolute Gasteiger partial charge is 0.269 e. The third-order valence-electron chi connectivity index (χ3n) is 5.91. The van der Waals surface area contributed by atoms with Crippen molar-refractivity contribution in [3.8, 4) is 0 Å². The molecule has 9 heteroatoms. The van der Waals surface area contributed by atoms with Crippen LogP contribution in [0.4, 0.5) is 11.5 Å². The maximum atomic E-state index is 12.7. The molecule has 2 aliphatic heterocycles. The first-order valence-electron chi connectivity index (χ1n) is 11.0. The largest absolute Gasteiger partial charge is 0.379 e. The van der Waals surface area contributed by atoms with Crippen LogP contribution in [0, 0.1) is 13.8 Å². The van der Waals surface area contributed by atoms with E-state index in [2.05, 4.69) is 43.6 Å². The number of anilines is 2. The summed E-state index contributed by atoms with van der Waals surface area (Å²) in [7, 11) is 0. The molecule has 9 nitrogen and oxygen atoms in total. The van der Waals surface area contributed by atoms with Gasteiger partial charge in [-0.15, -0.1) is 0 Å². The maximum absolute atomic E-state index is 12.7. The van der Waals surface area contributed by atoms with Gasteiger partial charge in [0.25, 0.3) is 5.56 Å². The molecule has 2 N–H and O–H groups in total. The minimum Gasteiger partial charge on any atom is -0.379 e. The first-order chi connectivity index (χ1) is 15.4.